The lowest BCUT2D eigenvalue weighted by molar-refractivity contribution is 0.768. The van der Waals surface area contributed by atoms with Crippen molar-refractivity contribution in [1.29, 1.82) is 0 Å². The molecule has 21 heavy (non-hydrogen) atoms. The second kappa shape index (κ2) is 5.58. The number of rotatable bonds is 4. The number of pyridine rings is 1. The van der Waals surface area contributed by atoms with Gasteiger partial charge in [0.15, 0.2) is 0 Å². The molecule has 0 unspecified atom stereocenters. The molecule has 3 aromatic rings. The quantitative estimate of drug-likeness (QED) is 0.762. The highest BCUT2D eigenvalue weighted by Crippen LogP contribution is 2.19. The molecule has 0 amide bonds. The molecule has 0 aliphatic rings. The topological polar surface area (TPSA) is 80.5 Å². The van der Waals surface area contributed by atoms with E-state index < -0.39 is 0 Å². The first-order valence-corrected chi connectivity index (χ1v) is 6.47. The monoisotopic (exact) mass is 281 g/mol. The highest BCUT2D eigenvalue weighted by atomic mass is 15.3. The third-order valence-electron chi connectivity index (χ3n) is 2.93. The van der Waals surface area contributed by atoms with Gasteiger partial charge in [0.2, 0.25) is 5.95 Å². The third kappa shape index (κ3) is 2.97. The van der Waals surface area contributed by atoms with Crippen molar-refractivity contribution >= 4 is 17.5 Å². The zero-order chi connectivity index (χ0) is 14.7. The lowest BCUT2D eigenvalue weighted by Crippen LogP contribution is -1.98. The van der Waals surface area contributed by atoms with E-state index in [9.17, 15) is 0 Å². The van der Waals surface area contributed by atoms with E-state index in [2.05, 4.69) is 30.7 Å². The molecule has 7 nitrogen and oxygen atoms in total. The zero-order valence-corrected chi connectivity index (χ0v) is 11.8. The number of aromatic nitrogens is 5. The Bertz CT molecular complexity index is 733. The summed E-state index contributed by atoms with van der Waals surface area (Å²) in [6.07, 6.45) is 7.08. The highest BCUT2D eigenvalue weighted by molar-refractivity contribution is 5.61. The molecular weight excluding hydrogens is 266 g/mol. The van der Waals surface area contributed by atoms with Gasteiger partial charge in [-0.15, -0.1) is 0 Å². The van der Waals surface area contributed by atoms with Crippen LogP contribution in [0.3, 0.4) is 0 Å². The minimum absolute atomic E-state index is 0.526. The van der Waals surface area contributed by atoms with Crippen LogP contribution in [0.5, 0.6) is 0 Å². The van der Waals surface area contributed by atoms with Gasteiger partial charge in [-0.05, 0) is 18.2 Å². The number of hydrogen-bond donors (Lipinski definition) is 2. The fourth-order valence-corrected chi connectivity index (χ4v) is 1.89. The zero-order valence-electron chi connectivity index (χ0n) is 11.8. The van der Waals surface area contributed by atoms with Crippen LogP contribution in [0.25, 0.3) is 11.3 Å². The Morgan fingerprint density at radius 2 is 2.00 bits per heavy atom. The van der Waals surface area contributed by atoms with Crippen LogP contribution in [0.2, 0.25) is 0 Å². The van der Waals surface area contributed by atoms with Gasteiger partial charge in [-0.1, -0.05) is 0 Å². The van der Waals surface area contributed by atoms with Crippen molar-refractivity contribution < 1.29 is 0 Å². The van der Waals surface area contributed by atoms with E-state index in [4.69, 9.17) is 0 Å². The summed E-state index contributed by atoms with van der Waals surface area (Å²) >= 11 is 0. The molecule has 3 heterocycles. The molecule has 0 aliphatic heterocycles. The minimum Gasteiger partial charge on any atom is -0.373 e. The molecule has 2 N–H and O–H groups in total. The fourth-order valence-electron chi connectivity index (χ4n) is 1.89. The lowest BCUT2D eigenvalue weighted by atomic mass is 10.2. The fraction of sp³-hybridized carbons (Fsp3) is 0.143. The van der Waals surface area contributed by atoms with Crippen LogP contribution in [0.1, 0.15) is 0 Å². The predicted octanol–water partition coefficient (Wildman–Crippen LogP) is 2.06. The van der Waals surface area contributed by atoms with Gasteiger partial charge >= 0.3 is 0 Å². The van der Waals surface area contributed by atoms with Gasteiger partial charge in [0.05, 0.1) is 17.6 Å². The van der Waals surface area contributed by atoms with E-state index >= 15 is 0 Å². The summed E-state index contributed by atoms with van der Waals surface area (Å²) in [5, 5.41) is 10.2. The minimum atomic E-state index is 0.526. The number of nitrogens with one attached hydrogen (secondary N) is 2. The largest absolute Gasteiger partial charge is 0.373 e. The lowest BCUT2D eigenvalue weighted by Gasteiger charge is -2.05. The maximum absolute atomic E-state index is 4.48. The SMILES string of the molecule is CNc1ccc(-c2ccnc(Nc3cnn(C)c3)n2)cn1. The van der Waals surface area contributed by atoms with Crippen LogP contribution < -0.4 is 10.6 Å². The predicted molar refractivity (Wildman–Crippen MR) is 81.3 cm³/mol. The Balaban J connectivity index is 1.85. The van der Waals surface area contributed by atoms with Gasteiger partial charge < -0.3 is 10.6 Å². The van der Waals surface area contributed by atoms with Crippen molar-refractivity contribution in [2.75, 3.05) is 17.7 Å². The molecule has 0 aliphatic carbocycles. The number of aryl methyl sites for hydroxylation is 1. The molecule has 7 heteroatoms. The Morgan fingerprint density at radius 3 is 2.67 bits per heavy atom. The van der Waals surface area contributed by atoms with E-state index in [1.807, 2.05) is 38.5 Å². The molecule has 0 saturated carbocycles. The Kier molecular flexibility index (Phi) is 3.46. The number of nitrogens with zero attached hydrogens (tertiary/aromatic N) is 5. The molecule has 0 aromatic carbocycles. The summed E-state index contributed by atoms with van der Waals surface area (Å²) in [7, 11) is 3.69. The smallest absolute Gasteiger partial charge is 0.227 e. The molecule has 3 aromatic heterocycles. The molecule has 0 saturated heterocycles. The van der Waals surface area contributed by atoms with Crippen molar-refractivity contribution in [3.63, 3.8) is 0 Å². The maximum atomic E-state index is 4.48. The van der Waals surface area contributed by atoms with Crippen molar-refractivity contribution in [3.8, 4) is 11.3 Å². The van der Waals surface area contributed by atoms with Gasteiger partial charge in [0, 0.05) is 38.2 Å². The van der Waals surface area contributed by atoms with Gasteiger partial charge in [-0.25, -0.2) is 15.0 Å². The summed E-state index contributed by atoms with van der Waals surface area (Å²) in [5.41, 5.74) is 2.59. The van der Waals surface area contributed by atoms with E-state index in [0.717, 1.165) is 22.8 Å². The second-order valence-electron chi connectivity index (χ2n) is 4.48. The Hall–Kier alpha value is -2.96. The maximum Gasteiger partial charge on any atom is 0.227 e. The molecule has 0 bridgehead atoms. The highest BCUT2D eigenvalue weighted by Gasteiger charge is 2.04. The van der Waals surface area contributed by atoms with E-state index in [0.29, 0.717) is 5.95 Å². The van der Waals surface area contributed by atoms with Crippen LogP contribution >= 0.6 is 0 Å². The molecule has 0 spiro atoms. The van der Waals surface area contributed by atoms with E-state index in [-0.39, 0.29) is 0 Å². The third-order valence-corrected chi connectivity index (χ3v) is 2.93. The van der Waals surface area contributed by atoms with Gasteiger partial charge in [0.1, 0.15) is 5.82 Å². The van der Waals surface area contributed by atoms with Crippen LogP contribution in [-0.4, -0.2) is 31.8 Å². The first-order chi connectivity index (χ1) is 10.2. The summed E-state index contributed by atoms with van der Waals surface area (Å²) in [6, 6.07) is 5.73. The molecule has 106 valence electrons. The summed E-state index contributed by atoms with van der Waals surface area (Å²) in [6.45, 7) is 0. The van der Waals surface area contributed by atoms with Crippen molar-refractivity contribution in [3.05, 3.63) is 43.0 Å². The van der Waals surface area contributed by atoms with E-state index in [1.54, 1.807) is 23.3 Å². The average Bonchev–Trinajstić information content (AvgIpc) is 2.93. The first-order valence-electron chi connectivity index (χ1n) is 6.47. The summed E-state index contributed by atoms with van der Waals surface area (Å²) in [4.78, 5) is 13.0. The normalized spacial score (nSPS) is 10.4. The Labute approximate surface area is 122 Å². The second-order valence-corrected chi connectivity index (χ2v) is 4.48. The number of anilines is 3. The van der Waals surface area contributed by atoms with Crippen molar-refractivity contribution in [2.45, 2.75) is 0 Å². The first kappa shape index (κ1) is 13.0. The summed E-state index contributed by atoms with van der Waals surface area (Å²) < 4.78 is 1.71. The standard InChI is InChI=1S/C14H15N7/c1-15-13-4-3-10(7-17-13)12-5-6-16-14(20-12)19-11-8-18-21(2)9-11/h3-9H,1-2H3,(H,15,17)(H,16,19,20). The molecular formula is C14H15N7. The molecule has 3 rings (SSSR count). The van der Waals surface area contributed by atoms with Gasteiger partial charge in [-0.3, -0.25) is 4.68 Å². The van der Waals surface area contributed by atoms with Gasteiger partial charge in [0.25, 0.3) is 0 Å². The van der Waals surface area contributed by atoms with Crippen molar-refractivity contribution in [2.24, 2.45) is 7.05 Å². The molecule has 0 fully saturated rings. The number of hydrogen-bond acceptors (Lipinski definition) is 6. The average molecular weight is 281 g/mol. The van der Waals surface area contributed by atoms with Crippen LogP contribution in [0.4, 0.5) is 17.5 Å². The van der Waals surface area contributed by atoms with E-state index in [1.165, 1.54) is 0 Å². The van der Waals surface area contributed by atoms with Crippen LogP contribution in [-0.2, 0) is 7.05 Å². The summed E-state index contributed by atoms with van der Waals surface area (Å²) in [5.74, 6) is 1.35. The van der Waals surface area contributed by atoms with Gasteiger partial charge in [-0.2, -0.15) is 5.10 Å². The molecule has 0 atom stereocenters. The van der Waals surface area contributed by atoms with Crippen LogP contribution in [0, 0.1) is 0 Å². The molecule has 0 radical (unpaired) electrons. The van der Waals surface area contributed by atoms with Crippen LogP contribution in [0.15, 0.2) is 43.0 Å². The Morgan fingerprint density at radius 1 is 1.10 bits per heavy atom. The van der Waals surface area contributed by atoms with Crippen molar-refractivity contribution in [1.82, 2.24) is 24.7 Å².